The predicted molar refractivity (Wildman–Crippen MR) is 144 cm³/mol. The van der Waals surface area contributed by atoms with Crippen LogP contribution in [-0.4, -0.2) is 19.9 Å². The third kappa shape index (κ3) is 3.89. The largest absolute Gasteiger partial charge is 0.243 e. The molecule has 0 radical (unpaired) electrons. The van der Waals surface area contributed by atoms with E-state index in [0.29, 0.717) is 0 Å². The molecule has 0 amide bonds. The van der Waals surface area contributed by atoms with Crippen LogP contribution in [0.3, 0.4) is 0 Å². The van der Waals surface area contributed by atoms with Gasteiger partial charge in [0.1, 0.15) is 20.6 Å². The van der Waals surface area contributed by atoms with Gasteiger partial charge >= 0.3 is 0 Å². The van der Waals surface area contributed by atoms with Gasteiger partial charge in [0.2, 0.25) is 0 Å². The van der Waals surface area contributed by atoms with E-state index in [-0.39, 0.29) is 0 Å². The fourth-order valence-electron chi connectivity index (χ4n) is 3.98. The normalized spacial score (nSPS) is 11.2. The van der Waals surface area contributed by atoms with Crippen molar-refractivity contribution in [3.05, 3.63) is 106 Å². The van der Waals surface area contributed by atoms with Gasteiger partial charge in [-0.1, -0.05) is 72.8 Å². The Kier molecular flexibility index (Phi) is 5.40. The number of nitrogens with zero attached hydrogens (tertiary/aromatic N) is 4. The van der Waals surface area contributed by atoms with Crippen molar-refractivity contribution in [2.24, 2.45) is 0 Å². The molecule has 0 saturated heterocycles. The van der Waals surface area contributed by atoms with Crippen molar-refractivity contribution in [3.63, 3.8) is 0 Å². The zero-order valence-corrected chi connectivity index (χ0v) is 21.0. The van der Waals surface area contributed by atoms with Gasteiger partial charge in [-0.3, -0.25) is 0 Å². The number of aromatic nitrogens is 4. The first-order valence-corrected chi connectivity index (χ1v) is 12.3. The second kappa shape index (κ2) is 8.70. The van der Waals surface area contributed by atoms with Crippen LogP contribution in [0.5, 0.6) is 0 Å². The number of rotatable bonds is 3. The molecule has 0 fully saturated rings. The predicted octanol–water partition coefficient (Wildman–Crippen LogP) is 8.10. The van der Waals surface area contributed by atoms with Crippen LogP contribution in [0.15, 0.2) is 106 Å². The Morgan fingerprint density at radius 1 is 0.382 bits per heavy atom. The van der Waals surface area contributed by atoms with Gasteiger partial charge in [0, 0.05) is 11.1 Å². The zero-order valence-electron chi connectivity index (χ0n) is 17.8. The minimum Gasteiger partial charge on any atom is -0.243 e. The molecule has 6 heteroatoms. The number of benzene rings is 4. The molecule has 162 valence electrons. The van der Waals surface area contributed by atoms with E-state index in [9.17, 15) is 0 Å². The van der Waals surface area contributed by atoms with Crippen LogP contribution >= 0.6 is 31.9 Å². The van der Waals surface area contributed by atoms with E-state index < -0.39 is 0 Å². The molecule has 6 aromatic rings. The zero-order chi connectivity index (χ0) is 23.1. The minimum absolute atomic E-state index is 0.735. The maximum atomic E-state index is 4.92. The Morgan fingerprint density at radius 3 is 1.21 bits per heavy atom. The molecule has 2 heterocycles. The first kappa shape index (κ1) is 21.1. The van der Waals surface area contributed by atoms with Crippen LogP contribution in [0.25, 0.3) is 55.7 Å². The SMILES string of the molecule is Brc1nc2ccc(-c3ccc4nc(Br)c(-c5ccccc5)nc4c3)cc2nc1-c1ccccc1. The van der Waals surface area contributed by atoms with Gasteiger partial charge in [-0.2, -0.15) is 0 Å². The van der Waals surface area contributed by atoms with Gasteiger partial charge in [0.15, 0.2) is 0 Å². The van der Waals surface area contributed by atoms with E-state index >= 15 is 0 Å². The Hall–Kier alpha value is -3.48. The molecular weight excluding hydrogens is 552 g/mol. The molecule has 0 atom stereocenters. The maximum absolute atomic E-state index is 4.92. The lowest BCUT2D eigenvalue weighted by Crippen LogP contribution is -1.93. The second-order valence-corrected chi connectivity index (χ2v) is 9.37. The van der Waals surface area contributed by atoms with Crippen molar-refractivity contribution in [2.45, 2.75) is 0 Å². The van der Waals surface area contributed by atoms with Crippen molar-refractivity contribution < 1.29 is 0 Å². The monoisotopic (exact) mass is 566 g/mol. The molecule has 0 saturated carbocycles. The molecule has 6 rings (SSSR count). The third-order valence-electron chi connectivity index (χ3n) is 5.67. The quantitative estimate of drug-likeness (QED) is 0.217. The van der Waals surface area contributed by atoms with Gasteiger partial charge < -0.3 is 0 Å². The summed E-state index contributed by atoms with van der Waals surface area (Å²) in [6.07, 6.45) is 0. The van der Waals surface area contributed by atoms with E-state index in [0.717, 1.165) is 64.9 Å². The lowest BCUT2D eigenvalue weighted by atomic mass is 10.0. The number of fused-ring (bicyclic) bond motifs is 2. The smallest absolute Gasteiger partial charge is 0.133 e. The van der Waals surface area contributed by atoms with Gasteiger partial charge in [0.25, 0.3) is 0 Å². The van der Waals surface area contributed by atoms with Crippen LogP contribution in [0.4, 0.5) is 0 Å². The van der Waals surface area contributed by atoms with Crippen molar-refractivity contribution in [1.29, 1.82) is 0 Å². The summed E-state index contributed by atoms with van der Waals surface area (Å²) >= 11 is 7.17. The highest BCUT2D eigenvalue weighted by Gasteiger charge is 2.12. The fourth-order valence-corrected chi connectivity index (χ4v) is 5.00. The molecule has 34 heavy (non-hydrogen) atoms. The topological polar surface area (TPSA) is 51.6 Å². The minimum atomic E-state index is 0.735. The van der Waals surface area contributed by atoms with Crippen LogP contribution in [0.1, 0.15) is 0 Å². The Labute approximate surface area is 213 Å². The highest BCUT2D eigenvalue weighted by Crippen LogP contribution is 2.32. The first-order chi connectivity index (χ1) is 16.7. The lowest BCUT2D eigenvalue weighted by Gasteiger charge is -2.09. The van der Waals surface area contributed by atoms with Crippen molar-refractivity contribution >= 4 is 53.9 Å². The number of hydrogen-bond donors (Lipinski definition) is 0. The van der Waals surface area contributed by atoms with Gasteiger partial charge in [0.05, 0.1) is 22.1 Å². The summed E-state index contributed by atoms with van der Waals surface area (Å²) in [5.74, 6) is 0. The highest BCUT2D eigenvalue weighted by molar-refractivity contribution is 9.10. The van der Waals surface area contributed by atoms with Crippen molar-refractivity contribution in [2.75, 3.05) is 0 Å². The van der Waals surface area contributed by atoms with E-state index in [2.05, 4.69) is 56.1 Å². The Morgan fingerprint density at radius 2 is 0.794 bits per heavy atom. The first-order valence-electron chi connectivity index (χ1n) is 10.7. The molecule has 2 aromatic heterocycles. The van der Waals surface area contributed by atoms with E-state index in [1.165, 1.54) is 0 Å². The Balaban J connectivity index is 1.46. The molecule has 0 aliphatic rings. The van der Waals surface area contributed by atoms with Crippen LogP contribution in [0.2, 0.25) is 0 Å². The third-order valence-corrected chi connectivity index (χ3v) is 6.78. The highest BCUT2D eigenvalue weighted by atomic mass is 79.9. The molecule has 0 N–H and O–H groups in total. The molecule has 0 aliphatic carbocycles. The average Bonchev–Trinajstić information content (AvgIpc) is 2.88. The molecule has 0 unspecified atom stereocenters. The maximum Gasteiger partial charge on any atom is 0.133 e. The molecular formula is C28H16Br2N4. The average molecular weight is 568 g/mol. The summed E-state index contributed by atoms with van der Waals surface area (Å²) in [6.45, 7) is 0. The number of hydrogen-bond acceptors (Lipinski definition) is 4. The van der Waals surface area contributed by atoms with Gasteiger partial charge in [-0.25, -0.2) is 19.9 Å². The Bertz CT molecular complexity index is 1540. The van der Waals surface area contributed by atoms with Crippen LogP contribution < -0.4 is 0 Å². The summed E-state index contributed by atoms with van der Waals surface area (Å²) < 4.78 is 1.47. The summed E-state index contributed by atoms with van der Waals surface area (Å²) in [6, 6.07) is 32.4. The van der Waals surface area contributed by atoms with Crippen LogP contribution in [0, 0.1) is 0 Å². The fraction of sp³-hybridized carbons (Fsp3) is 0. The van der Waals surface area contributed by atoms with Gasteiger partial charge in [-0.15, -0.1) is 0 Å². The van der Waals surface area contributed by atoms with Gasteiger partial charge in [-0.05, 0) is 67.3 Å². The summed E-state index contributed by atoms with van der Waals surface area (Å²) in [4.78, 5) is 19.3. The summed E-state index contributed by atoms with van der Waals surface area (Å²) in [5.41, 5.74) is 9.16. The van der Waals surface area contributed by atoms with Crippen molar-refractivity contribution in [1.82, 2.24) is 19.9 Å². The standard InChI is InChI=1S/C28H16Br2N4/c29-27-25(17-7-3-1-4-8-17)31-23-15-19(11-13-21(23)33-27)20-12-14-22-24(16-20)32-26(28(30)34-22)18-9-5-2-6-10-18/h1-16H. The van der Waals surface area contributed by atoms with E-state index in [4.69, 9.17) is 19.9 Å². The molecule has 0 bridgehead atoms. The molecule has 4 nitrogen and oxygen atoms in total. The van der Waals surface area contributed by atoms with Crippen molar-refractivity contribution in [3.8, 4) is 33.6 Å². The molecule has 0 aliphatic heterocycles. The summed E-state index contributed by atoms with van der Waals surface area (Å²) in [7, 11) is 0. The molecule has 4 aromatic carbocycles. The lowest BCUT2D eigenvalue weighted by molar-refractivity contribution is 1.25. The molecule has 0 spiro atoms. The van der Waals surface area contributed by atoms with E-state index in [1.807, 2.05) is 72.8 Å². The summed E-state index contributed by atoms with van der Waals surface area (Å²) in [5, 5.41) is 0. The second-order valence-electron chi connectivity index (χ2n) is 7.87. The van der Waals surface area contributed by atoms with Crippen LogP contribution in [-0.2, 0) is 0 Å². The van der Waals surface area contributed by atoms with E-state index in [1.54, 1.807) is 0 Å². The number of halogens is 2.